The number of carbonyl (C=O) groups is 6. The summed E-state index contributed by atoms with van der Waals surface area (Å²) in [5, 5.41) is 19.3. The highest BCUT2D eigenvalue weighted by Gasteiger charge is 2.36. The van der Waals surface area contributed by atoms with Crippen molar-refractivity contribution in [2.75, 3.05) is 0 Å². The molecule has 0 saturated carbocycles. The van der Waals surface area contributed by atoms with Crippen LogP contribution in [-0.4, -0.2) is 69.1 Å². The number of carboxylic acid groups (broad SMARTS) is 1. The first-order valence-corrected chi connectivity index (χ1v) is 14.0. The van der Waals surface area contributed by atoms with Gasteiger partial charge in [-0.05, 0) is 32.3 Å². The van der Waals surface area contributed by atoms with E-state index < -0.39 is 65.0 Å². The quantitative estimate of drug-likeness (QED) is 0.191. The summed E-state index contributed by atoms with van der Waals surface area (Å²) in [6, 6.07) is 5.48. The van der Waals surface area contributed by atoms with Gasteiger partial charge in [0.25, 0.3) is 5.91 Å². The van der Waals surface area contributed by atoms with Crippen LogP contribution in [0.15, 0.2) is 42.0 Å². The number of aliphatic carboxylic acids is 1. The molecule has 0 aliphatic heterocycles. The van der Waals surface area contributed by atoms with Gasteiger partial charge in [0.15, 0.2) is 0 Å². The lowest BCUT2D eigenvalue weighted by molar-refractivity contribution is -0.147. The van der Waals surface area contributed by atoms with Crippen molar-refractivity contribution in [2.24, 2.45) is 5.92 Å². The lowest BCUT2D eigenvalue weighted by Gasteiger charge is -2.28. The van der Waals surface area contributed by atoms with Crippen LogP contribution in [0.5, 0.6) is 0 Å². The fourth-order valence-electron chi connectivity index (χ4n) is 3.71. The van der Waals surface area contributed by atoms with E-state index in [1.807, 2.05) is 6.07 Å². The van der Waals surface area contributed by atoms with Gasteiger partial charge in [0.05, 0.1) is 18.0 Å². The normalized spacial score (nSPS) is 14.1. The van der Waals surface area contributed by atoms with Gasteiger partial charge in [-0.15, -0.1) is 11.3 Å². The van der Waals surface area contributed by atoms with Crippen LogP contribution in [0.3, 0.4) is 0 Å². The van der Waals surface area contributed by atoms with Crippen LogP contribution in [-0.2, 0) is 41.6 Å². The summed E-state index contributed by atoms with van der Waals surface area (Å²) < 4.78 is 0. The monoisotopic (exact) mass is 587 g/mol. The molecule has 1 heterocycles. The van der Waals surface area contributed by atoms with E-state index >= 15 is 0 Å². The first-order valence-electron chi connectivity index (χ1n) is 13.2. The zero-order valence-corrected chi connectivity index (χ0v) is 24.5. The minimum absolute atomic E-state index is 0.0436. The van der Waals surface area contributed by atoms with E-state index in [4.69, 9.17) is 0 Å². The summed E-state index contributed by atoms with van der Waals surface area (Å²) in [6.07, 6.45) is 2.19. The molecule has 13 heteroatoms. The van der Waals surface area contributed by atoms with Gasteiger partial charge < -0.3 is 26.4 Å². The molecule has 0 bridgehead atoms. The average molecular weight is 588 g/mol. The van der Waals surface area contributed by atoms with Crippen molar-refractivity contribution in [3.05, 3.63) is 52.5 Å². The molecule has 4 amide bonds. The molecule has 12 nitrogen and oxygen atoms in total. The fourth-order valence-corrected chi connectivity index (χ4v) is 4.35. The second-order valence-electron chi connectivity index (χ2n) is 10.3. The first-order chi connectivity index (χ1) is 19.2. The molecule has 41 heavy (non-hydrogen) atoms. The van der Waals surface area contributed by atoms with E-state index in [0.717, 1.165) is 10.4 Å². The molecule has 2 aromatic rings. The van der Waals surface area contributed by atoms with Crippen molar-refractivity contribution >= 4 is 46.7 Å². The Morgan fingerprint density at radius 2 is 1.63 bits per heavy atom. The Morgan fingerprint density at radius 1 is 0.976 bits per heavy atom. The number of carboxylic acids is 1. The van der Waals surface area contributed by atoms with Crippen LogP contribution in [0.1, 0.15) is 51.5 Å². The average Bonchev–Trinajstić information content (AvgIpc) is 3.43. The SMILES string of the molecule is CC[C@H](C)[C@H](NC(=O)C(=O)C(C)NC(=O)[C@H](Cc1cncs1)NC(=O)Cc1ccccc1)C(=O)NC(C)(C)C(=O)O. The van der Waals surface area contributed by atoms with Crippen LogP contribution in [0.4, 0.5) is 0 Å². The molecule has 4 atom stereocenters. The number of thiazole rings is 1. The molecular weight excluding hydrogens is 550 g/mol. The maximum Gasteiger partial charge on any atom is 0.328 e. The Balaban J connectivity index is 2.09. The topological polar surface area (TPSA) is 184 Å². The van der Waals surface area contributed by atoms with Gasteiger partial charge in [0.1, 0.15) is 17.6 Å². The standard InChI is InChI=1S/C28H37N5O7S/c1-6-16(2)22(25(37)33-28(4,5)27(39)40)32-26(38)23(35)17(3)30-24(36)20(13-19-14-29-15-41-19)31-21(34)12-18-10-8-7-9-11-18/h7-11,14-17,20,22H,6,12-13H2,1-5H3,(H,30,36)(H,31,34)(H,32,38)(H,33,37)(H,39,40)/t16-,17?,20-,22-/m0/s1. The predicted molar refractivity (Wildman–Crippen MR) is 152 cm³/mol. The Labute approximate surface area is 242 Å². The number of amides is 4. The van der Waals surface area contributed by atoms with Gasteiger partial charge in [0, 0.05) is 17.5 Å². The molecule has 222 valence electrons. The Bertz CT molecular complexity index is 1230. The number of rotatable bonds is 15. The van der Waals surface area contributed by atoms with Gasteiger partial charge in [-0.3, -0.25) is 29.0 Å². The van der Waals surface area contributed by atoms with Crippen LogP contribution in [0.25, 0.3) is 0 Å². The molecule has 0 aliphatic rings. The van der Waals surface area contributed by atoms with E-state index in [1.54, 1.807) is 49.8 Å². The lowest BCUT2D eigenvalue weighted by atomic mass is 9.96. The van der Waals surface area contributed by atoms with Crippen LogP contribution in [0.2, 0.25) is 0 Å². The Kier molecular flexibility index (Phi) is 12.1. The number of benzene rings is 1. The van der Waals surface area contributed by atoms with E-state index in [9.17, 15) is 33.9 Å². The minimum atomic E-state index is -1.60. The zero-order chi connectivity index (χ0) is 30.7. The second-order valence-corrected chi connectivity index (χ2v) is 11.3. The van der Waals surface area contributed by atoms with Crippen molar-refractivity contribution in [1.82, 2.24) is 26.3 Å². The largest absolute Gasteiger partial charge is 0.480 e. The Morgan fingerprint density at radius 3 is 2.20 bits per heavy atom. The van der Waals surface area contributed by atoms with Crippen LogP contribution in [0, 0.1) is 5.92 Å². The summed E-state index contributed by atoms with van der Waals surface area (Å²) in [5.41, 5.74) is 0.749. The maximum atomic E-state index is 13.2. The van der Waals surface area contributed by atoms with Crippen molar-refractivity contribution in [3.63, 3.8) is 0 Å². The smallest absolute Gasteiger partial charge is 0.328 e. The van der Waals surface area contributed by atoms with E-state index in [0.29, 0.717) is 6.42 Å². The molecule has 1 aromatic carbocycles. The molecule has 0 aliphatic carbocycles. The molecule has 5 N–H and O–H groups in total. The maximum absolute atomic E-state index is 13.2. The summed E-state index contributed by atoms with van der Waals surface area (Å²) in [5.74, 6) is -5.64. The van der Waals surface area contributed by atoms with Gasteiger partial charge in [0.2, 0.25) is 23.5 Å². The Hall–Kier alpha value is -4.13. The summed E-state index contributed by atoms with van der Waals surface area (Å²) in [4.78, 5) is 80.5. The fraction of sp³-hybridized carbons (Fsp3) is 0.464. The highest BCUT2D eigenvalue weighted by Crippen LogP contribution is 2.12. The molecular formula is C28H37N5O7S. The van der Waals surface area contributed by atoms with Crippen molar-refractivity contribution in [2.45, 2.75) is 77.5 Å². The third kappa shape index (κ3) is 10.1. The van der Waals surface area contributed by atoms with E-state index in [1.165, 1.54) is 32.1 Å². The number of carbonyl (C=O) groups excluding carboxylic acids is 5. The van der Waals surface area contributed by atoms with Crippen molar-refractivity contribution < 1.29 is 33.9 Å². The molecule has 0 saturated heterocycles. The number of nitrogens with one attached hydrogen (secondary N) is 4. The lowest BCUT2D eigenvalue weighted by Crippen LogP contribution is -2.60. The number of hydrogen-bond donors (Lipinski definition) is 5. The van der Waals surface area contributed by atoms with Gasteiger partial charge in [-0.2, -0.15) is 0 Å². The van der Waals surface area contributed by atoms with Gasteiger partial charge in [-0.1, -0.05) is 50.6 Å². The molecule has 0 fully saturated rings. The second kappa shape index (κ2) is 15.0. The van der Waals surface area contributed by atoms with Crippen LogP contribution >= 0.6 is 11.3 Å². The highest BCUT2D eigenvalue weighted by molar-refractivity contribution is 7.09. The van der Waals surface area contributed by atoms with Crippen molar-refractivity contribution in [1.29, 1.82) is 0 Å². The van der Waals surface area contributed by atoms with E-state index in [-0.39, 0.29) is 12.8 Å². The van der Waals surface area contributed by atoms with Gasteiger partial charge in [-0.25, -0.2) is 4.79 Å². The molecule has 1 unspecified atom stereocenters. The first kappa shape index (κ1) is 33.1. The third-order valence-corrected chi connectivity index (χ3v) is 7.28. The predicted octanol–water partition coefficient (Wildman–Crippen LogP) is 0.997. The number of hydrogen-bond acceptors (Lipinski definition) is 8. The summed E-state index contributed by atoms with van der Waals surface area (Å²) in [6.45, 7) is 7.37. The zero-order valence-electron chi connectivity index (χ0n) is 23.7. The highest BCUT2D eigenvalue weighted by atomic mass is 32.1. The molecule has 0 radical (unpaired) electrons. The van der Waals surface area contributed by atoms with E-state index in [2.05, 4.69) is 26.3 Å². The summed E-state index contributed by atoms with van der Waals surface area (Å²) >= 11 is 1.30. The van der Waals surface area contributed by atoms with Gasteiger partial charge >= 0.3 is 5.97 Å². The van der Waals surface area contributed by atoms with Crippen LogP contribution < -0.4 is 21.3 Å². The minimum Gasteiger partial charge on any atom is -0.480 e. The van der Waals surface area contributed by atoms with Crippen molar-refractivity contribution in [3.8, 4) is 0 Å². The number of nitrogens with zero attached hydrogens (tertiary/aromatic N) is 1. The number of ketones is 1. The third-order valence-electron chi connectivity index (χ3n) is 6.48. The molecule has 0 spiro atoms. The number of aromatic nitrogens is 1. The number of Topliss-reactive ketones (excluding diaryl/α,β-unsaturated/α-hetero) is 1. The molecule has 1 aromatic heterocycles. The summed E-state index contributed by atoms with van der Waals surface area (Å²) in [7, 11) is 0. The molecule has 2 rings (SSSR count).